The molecule has 0 radical (unpaired) electrons. The summed E-state index contributed by atoms with van der Waals surface area (Å²) in [5.74, 6) is 1.30. The Balaban J connectivity index is 2.57. The molecular weight excluding hydrogens is 226 g/mol. The number of nitrogens with one attached hydrogen (secondary N) is 1. The molecule has 0 fully saturated rings. The van der Waals surface area contributed by atoms with E-state index in [1.165, 1.54) is 5.56 Å². The van der Waals surface area contributed by atoms with Crippen molar-refractivity contribution in [3.63, 3.8) is 0 Å². The molecular formula is C14H19N3O. The molecule has 4 nitrogen and oxygen atoms in total. The second-order valence-corrected chi connectivity index (χ2v) is 4.59. The fourth-order valence-corrected chi connectivity index (χ4v) is 1.98. The highest BCUT2D eigenvalue weighted by Gasteiger charge is 2.13. The topological polar surface area (TPSA) is 63.9 Å². The third-order valence-electron chi connectivity index (χ3n) is 3.10. The summed E-state index contributed by atoms with van der Waals surface area (Å²) in [7, 11) is 1.67. The van der Waals surface area contributed by atoms with E-state index in [-0.39, 0.29) is 0 Å². The third-order valence-corrected chi connectivity index (χ3v) is 3.10. The maximum absolute atomic E-state index is 5.72. The molecule has 0 atom stereocenters. The van der Waals surface area contributed by atoms with Gasteiger partial charge in [0.2, 0.25) is 0 Å². The third kappa shape index (κ3) is 2.24. The standard InChI is InChI=1S/C14H19N3O/c1-9(2)10-4-5-13(18-3)12(6-10)14-11(7-15)8-16-17-14/h4-6,8-9H,7,15H2,1-3H3,(H,16,17). The highest BCUT2D eigenvalue weighted by Crippen LogP contribution is 2.33. The number of aromatic amines is 1. The molecule has 0 unspecified atom stereocenters. The number of benzene rings is 1. The lowest BCUT2D eigenvalue weighted by Gasteiger charge is -2.12. The van der Waals surface area contributed by atoms with Gasteiger partial charge in [-0.15, -0.1) is 0 Å². The molecule has 0 aliphatic rings. The molecule has 0 spiro atoms. The quantitative estimate of drug-likeness (QED) is 0.870. The van der Waals surface area contributed by atoms with Gasteiger partial charge in [-0.3, -0.25) is 5.10 Å². The van der Waals surface area contributed by atoms with Crippen LogP contribution >= 0.6 is 0 Å². The summed E-state index contributed by atoms with van der Waals surface area (Å²) < 4.78 is 5.41. The van der Waals surface area contributed by atoms with Crippen molar-refractivity contribution >= 4 is 0 Å². The minimum absolute atomic E-state index is 0.459. The maximum atomic E-state index is 5.72. The van der Waals surface area contributed by atoms with Crippen LogP contribution in [0.4, 0.5) is 0 Å². The molecule has 0 saturated heterocycles. The Bertz CT molecular complexity index is 532. The average Bonchev–Trinajstić information content (AvgIpc) is 2.85. The lowest BCUT2D eigenvalue weighted by atomic mass is 9.97. The first-order chi connectivity index (χ1) is 8.67. The van der Waals surface area contributed by atoms with Gasteiger partial charge in [0.05, 0.1) is 19.0 Å². The Morgan fingerprint density at radius 1 is 1.39 bits per heavy atom. The number of hydrogen-bond donors (Lipinski definition) is 2. The van der Waals surface area contributed by atoms with Crippen LogP contribution in [-0.2, 0) is 6.54 Å². The molecule has 0 bridgehead atoms. The Morgan fingerprint density at radius 2 is 2.17 bits per heavy atom. The second kappa shape index (κ2) is 5.23. The molecule has 0 saturated carbocycles. The summed E-state index contributed by atoms with van der Waals surface area (Å²) >= 11 is 0. The molecule has 1 aromatic carbocycles. The van der Waals surface area contributed by atoms with Gasteiger partial charge in [-0.1, -0.05) is 19.9 Å². The first kappa shape index (κ1) is 12.6. The zero-order valence-corrected chi connectivity index (χ0v) is 11.0. The number of aromatic nitrogens is 2. The van der Waals surface area contributed by atoms with Gasteiger partial charge in [0.25, 0.3) is 0 Å². The SMILES string of the molecule is COc1ccc(C(C)C)cc1-c1[nH]ncc1CN. The molecule has 96 valence electrons. The van der Waals surface area contributed by atoms with E-state index in [4.69, 9.17) is 10.5 Å². The van der Waals surface area contributed by atoms with E-state index in [9.17, 15) is 0 Å². The van der Waals surface area contributed by atoms with Gasteiger partial charge >= 0.3 is 0 Å². The molecule has 0 aliphatic carbocycles. The van der Waals surface area contributed by atoms with Gasteiger partial charge in [0.1, 0.15) is 5.75 Å². The van der Waals surface area contributed by atoms with E-state index in [0.717, 1.165) is 22.6 Å². The number of hydrogen-bond acceptors (Lipinski definition) is 3. The molecule has 18 heavy (non-hydrogen) atoms. The predicted molar refractivity (Wildman–Crippen MR) is 72.6 cm³/mol. The summed E-state index contributed by atoms with van der Waals surface area (Å²) in [5.41, 5.74) is 9.94. The molecule has 1 aromatic heterocycles. The fourth-order valence-electron chi connectivity index (χ4n) is 1.98. The number of ether oxygens (including phenoxy) is 1. The van der Waals surface area contributed by atoms with Crippen molar-refractivity contribution in [2.24, 2.45) is 5.73 Å². The van der Waals surface area contributed by atoms with Crippen molar-refractivity contribution in [3.8, 4) is 17.0 Å². The Kier molecular flexibility index (Phi) is 3.67. The van der Waals surface area contributed by atoms with Crippen molar-refractivity contribution in [2.45, 2.75) is 26.3 Å². The van der Waals surface area contributed by atoms with Gasteiger partial charge in [0, 0.05) is 17.7 Å². The van der Waals surface area contributed by atoms with Crippen molar-refractivity contribution in [1.82, 2.24) is 10.2 Å². The summed E-state index contributed by atoms with van der Waals surface area (Å²) in [4.78, 5) is 0. The largest absolute Gasteiger partial charge is 0.496 e. The summed E-state index contributed by atoms with van der Waals surface area (Å²) in [5, 5.41) is 7.06. The molecule has 3 N–H and O–H groups in total. The number of rotatable bonds is 4. The Labute approximate surface area is 107 Å². The second-order valence-electron chi connectivity index (χ2n) is 4.59. The summed E-state index contributed by atoms with van der Waals surface area (Å²) in [6.07, 6.45) is 1.76. The number of nitrogens with two attached hydrogens (primary N) is 1. The molecule has 2 rings (SSSR count). The number of nitrogens with zero attached hydrogens (tertiary/aromatic N) is 1. The van der Waals surface area contributed by atoms with Gasteiger partial charge in [-0.25, -0.2) is 0 Å². The van der Waals surface area contributed by atoms with Crippen LogP contribution in [0.5, 0.6) is 5.75 Å². The summed E-state index contributed by atoms with van der Waals surface area (Å²) in [6.45, 7) is 4.80. The fraction of sp³-hybridized carbons (Fsp3) is 0.357. The van der Waals surface area contributed by atoms with E-state index in [2.05, 4.69) is 36.2 Å². The zero-order valence-electron chi connectivity index (χ0n) is 11.0. The lowest BCUT2D eigenvalue weighted by Crippen LogP contribution is -1.99. The van der Waals surface area contributed by atoms with Crippen LogP contribution < -0.4 is 10.5 Å². The van der Waals surface area contributed by atoms with Crippen LogP contribution in [0.15, 0.2) is 24.4 Å². The van der Waals surface area contributed by atoms with Crippen LogP contribution in [0, 0.1) is 0 Å². The van der Waals surface area contributed by atoms with Crippen molar-refractivity contribution in [1.29, 1.82) is 0 Å². The minimum atomic E-state index is 0.459. The zero-order chi connectivity index (χ0) is 13.1. The van der Waals surface area contributed by atoms with Gasteiger partial charge < -0.3 is 10.5 Å². The average molecular weight is 245 g/mol. The van der Waals surface area contributed by atoms with Crippen LogP contribution in [0.1, 0.15) is 30.9 Å². The number of H-pyrrole nitrogens is 1. The normalized spacial score (nSPS) is 10.9. The van der Waals surface area contributed by atoms with E-state index < -0.39 is 0 Å². The van der Waals surface area contributed by atoms with E-state index in [0.29, 0.717) is 12.5 Å². The number of methoxy groups -OCH3 is 1. The van der Waals surface area contributed by atoms with E-state index in [1.807, 2.05) is 6.07 Å². The Hall–Kier alpha value is -1.81. The van der Waals surface area contributed by atoms with Crippen molar-refractivity contribution in [3.05, 3.63) is 35.5 Å². The molecule has 0 amide bonds. The van der Waals surface area contributed by atoms with Gasteiger partial charge in [-0.05, 0) is 23.6 Å². The van der Waals surface area contributed by atoms with Crippen molar-refractivity contribution in [2.75, 3.05) is 7.11 Å². The molecule has 2 aromatic rings. The van der Waals surface area contributed by atoms with Gasteiger partial charge in [0.15, 0.2) is 0 Å². The minimum Gasteiger partial charge on any atom is -0.496 e. The van der Waals surface area contributed by atoms with Gasteiger partial charge in [-0.2, -0.15) is 5.10 Å². The predicted octanol–water partition coefficient (Wildman–Crippen LogP) is 2.67. The maximum Gasteiger partial charge on any atom is 0.128 e. The molecule has 4 heteroatoms. The van der Waals surface area contributed by atoms with Crippen LogP contribution in [0.3, 0.4) is 0 Å². The first-order valence-electron chi connectivity index (χ1n) is 6.08. The van der Waals surface area contributed by atoms with Crippen molar-refractivity contribution < 1.29 is 4.74 Å². The Morgan fingerprint density at radius 3 is 2.78 bits per heavy atom. The summed E-state index contributed by atoms with van der Waals surface area (Å²) in [6, 6.07) is 6.22. The monoisotopic (exact) mass is 245 g/mol. The van der Waals surface area contributed by atoms with Crippen LogP contribution in [0.2, 0.25) is 0 Å². The first-order valence-corrected chi connectivity index (χ1v) is 6.08. The van der Waals surface area contributed by atoms with E-state index >= 15 is 0 Å². The van der Waals surface area contributed by atoms with E-state index in [1.54, 1.807) is 13.3 Å². The lowest BCUT2D eigenvalue weighted by molar-refractivity contribution is 0.416. The van der Waals surface area contributed by atoms with Crippen LogP contribution in [0.25, 0.3) is 11.3 Å². The van der Waals surface area contributed by atoms with Crippen LogP contribution in [-0.4, -0.2) is 17.3 Å². The highest BCUT2D eigenvalue weighted by molar-refractivity contribution is 5.70. The highest BCUT2D eigenvalue weighted by atomic mass is 16.5. The smallest absolute Gasteiger partial charge is 0.128 e. The molecule has 0 aliphatic heterocycles. The molecule has 1 heterocycles.